The van der Waals surface area contributed by atoms with Crippen molar-refractivity contribution in [1.82, 2.24) is 19.5 Å². The summed E-state index contributed by atoms with van der Waals surface area (Å²) < 4.78 is 2.35. The zero-order valence-corrected chi connectivity index (χ0v) is 30.9. The predicted octanol–water partition coefficient (Wildman–Crippen LogP) is 13.6. The van der Waals surface area contributed by atoms with Gasteiger partial charge in [0.05, 0.1) is 11.0 Å². The van der Waals surface area contributed by atoms with E-state index >= 15 is 0 Å². The Morgan fingerprint density at radius 1 is 0.281 bits per heavy atom. The summed E-state index contributed by atoms with van der Waals surface area (Å²) in [7, 11) is 0. The fraction of sp³-hybridized carbons (Fsp3) is 0. The Morgan fingerprint density at radius 3 is 1.60 bits per heavy atom. The first-order chi connectivity index (χ1) is 28.2. The number of nitrogens with zero attached hydrogens (tertiary/aromatic N) is 4. The molecule has 11 rings (SSSR count). The minimum atomic E-state index is 0.633. The Kier molecular flexibility index (Phi) is 7.78. The molecule has 0 fully saturated rings. The highest BCUT2D eigenvalue weighted by Crippen LogP contribution is 2.37. The van der Waals surface area contributed by atoms with Crippen LogP contribution in [-0.2, 0) is 0 Å². The van der Waals surface area contributed by atoms with Crippen molar-refractivity contribution in [2.24, 2.45) is 0 Å². The first kappa shape index (κ1) is 32.7. The number of hydrogen-bond acceptors (Lipinski definition) is 3. The number of hydrogen-bond donors (Lipinski definition) is 0. The van der Waals surface area contributed by atoms with Crippen molar-refractivity contribution in [1.29, 1.82) is 0 Å². The van der Waals surface area contributed by atoms with E-state index in [9.17, 15) is 0 Å². The Hall–Kier alpha value is -7.69. The maximum absolute atomic E-state index is 5.19. The van der Waals surface area contributed by atoms with Crippen molar-refractivity contribution >= 4 is 43.4 Å². The lowest BCUT2D eigenvalue weighted by Crippen LogP contribution is -2.00. The molecule has 4 heteroatoms. The molecule has 9 aromatic carbocycles. The molecule has 0 unspecified atom stereocenters. The Morgan fingerprint density at radius 2 is 0.807 bits per heavy atom. The van der Waals surface area contributed by atoms with Gasteiger partial charge in [0.1, 0.15) is 0 Å². The molecule has 4 nitrogen and oxygen atoms in total. The smallest absolute Gasteiger partial charge is 0.164 e. The molecule has 0 spiro atoms. The van der Waals surface area contributed by atoms with Gasteiger partial charge in [-0.15, -0.1) is 0 Å². The third kappa shape index (κ3) is 5.74. The summed E-state index contributed by atoms with van der Waals surface area (Å²) in [6, 6.07) is 72.9. The molecule has 0 aliphatic carbocycles. The van der Waals surface area contributed by atoms with E-state index in [4.69, 9.17) is 15.0 Å². The first-order valence-corrected chi connectivity index (χ1v) is 19.3. The van der Waals surface area contributed by atoms with E-state index in [1.54, 1.807) is 0 Å². The summed E-state index contributed by atoms with van der Waals surface area (Å²) in [5.74, 6) is 1.92. The number of rotatable bonds is 6. The average Bonchev–Trinajstić information content (AvgIpc) is 3.62. The van der Waals surface area contributed by atoms with Gasteiger partial charge >= 0.3 is 0 Å². The van der Waals surface area contributed by atoms with Crippen LogP contribution in [0.1, 0.15) is 0 Å². The van der Waals surface area contributed by atoms with Crippen LogP contribution < -0.4 is 0 Å². The summed E-state index contributed by atoms with van der Waals surface area (Å²) in [6.07, 6.45) is 0. The molecule has 2 heterocycles. The molecule has 2 aromatic heterocycles. The quantitative estimate of drug-likeness (QED) is 0.171. The zero-order valence-electron chi connectivity index (χ0n) is 30.9. The molecule has 0 N–H and O–H groups in total. The standard InChI is InChI=1S/C53H34N4/c1-3-14-38(15-4-1)51-54-52(56-53(55-51)46-23-12-17-37-27-30-41(34-47(37)46)44-22-11-16-36-13-7-8-20-43(36)44)39-28-25-35(26-29-39)40-31-32-50-48(33-40)45-21-9-10-24-49(45)57(50)42-18-5-2-6-19-42/h1-34H. The Bertz CT molecular complexity index is 3270. The molecule has 0 atom stereocenters. The number of para-hydroxylation sites is 2. The van der Waals surface area contributed by atoms with Crippen LogP contribution in [0.5, 0.6) is 0 Å². The second kappa shape index (κ2) is 13.6. The summed E-state index contributed by atoms with van der Waals surface area (Å²) in [4.78, 5) is 15.4. The zero-order chi connectivity index (χ0) is 37.7. The number of benzene rings is 9. The van der Waals surface area contributed by atoms with Crippen LogP contribution in [0.3, 0.4) is 0 Å². The van der Waals surface area contributed by atoms with Gasteiger partial charge in [0, 0.05) is 33.2 Å². The molecular weight excluding hydrogens is 693 g/mol. The first-order valence-electron chi connectivity index (χ1n) is 19.3. The van der Waals surface area contributed by atoms with Crippen molar-refractivity contribution in [3.63, 3.8) is 0 Å². The molecular formula is C53H34N4. The maximum Gasteiger partial charge on any atom is 0.164 e. The van der Waals surface area contributed by atoms with Crippen LogP contribution in [0.2, 0.25) is 0 Å². The van der Waals surface area contributed by atoms with E-state index in [1.807, 2.05) is 18.2 Å². The highest BCUT2D eigenvalue weighted by molar-refractivity contribution is 6.10. The number of fused-ring (bicyclic) bond motifs is 5. The van der Waals surface area contributed by atoms with Crippen molar-refractivity contribution in [3.05, 3.63) is 206 Å². The molecule has 0 amide bonds. The fourth-order valence-corrected chi connectivity index (χ4v) is 8.27. The lowest BCUT2D eigenvalue weighted by atomic mass is 9.94. The van der Waals surface area contributed by atoms with Crippen molar-refractivity contribution in [2.45, 2.75) is 0 Å². The van der Waals surface area contributed by atoms with Gasteiger partial charge < -0.3 is 4.57 Å². The SMILES string of the molecule is c1ccc(-c2nc(-c3ccc(-c4ccc5c(c4)c4ccccc4n5-c4ccccc4)cc3)nc(-c3cccc4ccc(-c5cccc6ccccc56)cc34)n2)cc1. The molecule has 0 saturated carbocycles. The van der Waals surface area contributed by atoms with Gasteiger partial charge in [-0.2, -0.15) is 0 Å². The van der Waals surface area contributed by atoms with Crippen LogP contribution in [0, 0.1) is 0 Å². The highest BCUT2D eigenvalue weighted by Gasteiger charge is 2.17. The molecule has 0 bridgehead atoms. The van der Waals surface area contributed by atoms with Crippen LogP contribution in [-0.4, -0.2) is 19.5 Å². The van der Waals surface area contributed by atoms with Gasteiger partial charge in [-0.1, -0.05) is 170 Å². The minimum Gasteiger partial charge on any atom is -0.309 e. The molecule has 0 radical (unpaired) electrons. The molecule has 11 aromatic rings. The van der Waals surface area contributed by atoms with E-state index < -0.39 is 0 Å². The third-order valence-corrected chi connectivity index (χ3v) is 11.1. The summed E-state index contributed by atoms with van der Waals surface area (Å²) in [6.45, 7) is 0. The predicted molar refractivity (Wildman–Crippen MR) is 236 cm³/mol. The molecule has 57 heavy (non-hydrogen) atoms. The summed E-state index contributed by atoms with van der Waals surface area (Å²) in [5.41, 5.74) is 11.0. The molecule has 0 aliphatic rings. The lowest BCUT2D eigenvalue weighted by molar-refractivity contribution is 1.08. The third-order valence-electron chi connectivity index (χ3n) is 11.1. The summed E-state index contributed by atoms with van der Waals surface area (Å²) in [5, 5.41) is 7.14. The van der Waals surface area contributed by atoms with E-state index in [2.05, 4.69) is 193 Å². The van der Waals surface area contributed by atoms with Gasteiger partial charge in [-0.25, -0.2) is 15.0 Å². The normalized spacial score (nSPS) is 11.5. The van der Waals surface area contributed by atoms with E-state index in [0.717, 1.165) is 49.8 Å². The van der Waals surface area contributed by atoms with Crippen LogP contribution in [0.15, 0.2) is 206 Å². The van der Waals surface area contributed by atoms with Crippen LogP contribution in [0.4, 0.5) is 0 Å². The molecule has 266 valence electrons. The Labute approximate surface area is 330 Å². The van der Waals surface area contributed by atoms with Crippen molar-refractivity contribution < 1.29 is 0 Å². The van der Waals surface area contributed by atoms with E-state index in [1.165, 1.54) is 38.1 Å². The Balaban J connectivity index is 1.02. The van der Waals surface area contributed by atoms with Crippen LogP contribution in [0.25, 0.3) is 105 Å². The lowest BCUT2D eigenvalue weighted by Gasteiger charge is -2.12. The van der Waals surface area contributed by atoms with E-state index in [0.29, 0.717) is 17.5 Å². The highest BCUT2D eigenvalue weighted by atomic mass is 15.0. The van der Waals surface area contributed by atoms with Gasteiger partial charge in [-0.3, -0.25) is 0 Å². The maximum atomic E-state index is 5.19. The topological polar surface area (TPSA) is 43.6 Å². The monoisotopic (exact) mass is 726 g/mol. The summed E-state index contributed by atoms with van der Waals surface area (Å²) >= 11 is 0. The van der Waals surface area contributed by atoms with Gasteiger partial charge in [0.25, 0.3) is 0 Å². The fourth-order valence-electron chi connectivity index (χ4n) is 8.27. The number of aromatic nitrogens is 4. The van der Waals surface area contributed by atoms with Crippen LogP contribution >= 0.6 is 0 Å². The largest absolute Gasteiger partial charge is 0.309 e. The average molecular weight is 727 g/mol. The van der Waals surface area contributed by atoms with Gasteiger partial charge in [-0.05, 0) is 80.2 Å². The van der Waals surface area contributed by atoms with Gasteiger partial charge in [0.15, 0.2) is 17.5 Å². The second-order valence-corrected chi connectivity index (χ2v) is 14.4. The molecule has 0 aliphatic heterocycles. The van der Waals surface area contributed by atoms with Gasteiger partial charge in [0.2, 0.25) is 0 Å². The molecule has 0 saturated heterocycles. The van der Waals surface area contributed by atoms with E-state index in [-0.39, 0.29) is 0 Å². The van der Waals surface area contributed by atoms with Crippen molar-refractivity contribution in [3.8, 4) is 62.1 Å². The minimum absolute atomic E-state index is 0.633. The van der Waals surface area contributed by atoms with Crippen molar-refractivity contribution in [2.75, 3.05) is 0 Å². The second-order valence-electron chi connectivity index (χ2n) is 14.4.